The predicted octanol–water partition coefficient (Wildman–Crippen LogP) is 2.55. The zero-order valence-electron chi connectivity index (χ0n) is 6.16. The van der Waals surface area contributed by atoms with Crippen LogP contribution in [0.4, 0.5) is 0 Å². The van der Waals surface area contributed by atoms with Crippen LogP contribution in [0.15, 0.2) is 30.5 Å². The van der Waals surface area contributed by atoms with Gasteiger partial charge >= 0.3 is 0 Å². The number of hydrogen-bond donors (Lipinski definition) is 1. The maximum absolute atomic E-state index is 9.45. The second kappa shape index (κ2) is 2.90. The number of fused-ring (bicyclic) bond motifs is 1. The zero-order chi connectivity index (χ0) is 8.55. The molecule has 0 bridgehead atoms. The van der Waals surface area contributed by atoms with Crippen LogP contribution in [0.25, 0.3) is 10.9 Å². The molecule has 12 heavy (non-hydrogen) atoms. The van der Waals surface area contributed by atoms with Gasteiger partial charge in [-0.2, -0.15) is 0 Å². The fourth-order valence-corrected chi connectivity index (χ4v) is 1.60. The van der Waals surface area contributed by atoms with E-state index in [0.29, 0.717) is 5.75 Å². The summed E-state index contributed by atoms with van der Waals surface area (Å²) in [4.78, 5) is 4.12. The fraction of sp³-hybridized carbons (Fsp3) is 0. The molecule has 0 unspecified atom stereocenters. The number of benzene rings is 1. The van der Waals surface area contributed by atoms with Gasteiger partial charge in [-0.15, -0.1) is 0 Å². The van der Waals surface area contributed by atoms with Gasteiger partial charge in [-0.05, 0) is 46.9 Å². The molecule has 60 valence electrons. The van der Waals surface area contributed by atoms with E-state index in [4.69, 9.17) is 0 Å². The first-order valence-electron chi connectivity index (χ1n) is 3.50. The Morgan fingerprint density at radius 2 is 2.08 bits per heavy atom. The van der Waals surface area contributed by atoms with E-state index in [1.165, 1.54) is 0 Å². The topological polar surface area (TPSA) is 33.1 Å². The Morgan fingerprint density at radius 1 is 1.25 bits per heavy atom. The molecule has 0 fully saturated rings. The monoisotopic (exact) mass is 271 g/mol. The molecule has 1 N–H and O–H groups in total. The van der Waals surface area contributed by atoms with Gasteiger partial charge in [0.2, 0.25) is 0 Å². The molecule has 2 rings (SSSR count). The summed E-state index contributed by atoms with van der Waals surface area (Å²) < 4.78 is 1.10. The molecule has 0 aliphatic heterocycles. The molecule has 0 saturated carbocycles. The first kappa shape index (κ1) is 7.79. The molecule has 0 spiro atoms. The molecule has 1 heterocycles. The van der Waals surface area contributed by atoms with Crippen LogP contribution >= 0.6 is 22.6 Å². The summed E-state index contributed by atoms with van der Waals surface area (Å²) in [6.07, 6.45) is 1.60. The van der Waals surface area contributed by atoms with Gasteiger partial charge in [0.05, 0.1) is 5.52 Å². The zero-order valence-corrected chi connectivity index (χ0v) is 8.32. The summed E-state index contributed by atoms with van der Waals surface area (Å²) in [5.41, 5.74) is 0.829. The van der Waals surface area contributed by atoms with E-state index in [-0.39, 0.29) is 0 Å². The number of rotatable bonds is 0. The van der Waals surface area contributed by atoms with Crippen molar-refractivity contribution in [2.75, 3.05) is 0 Å². The minimum absolute atomic E-state index is 0.290. The van der Waals surface area contributed by atoms with E-state index >= 15 is 0 Å². The molecular formula is C9H6INO. The molecule has 2 nitrogen and oxygen atoms in total. The van der Waals surface area contributed by atoms with Crippen molar-refractivity contribution in [3.05, 3.63) is 34.0 Å². The van der Waals surface area contributed by atoms with E-state index in [2.05, 4.69) is 27.6 Å². The van der Waals surface area contributed by atoms with Crippen LogP contribution in [-0.4, -0.2) is 10.1 Å². The van der Waals surface area contributed by atoms with Crippen LogP contribution in [0.2, 0.25) is 0 Å². The van der Waals surface area contributed by atoms with Crippen LogP contribution in [0.1, 0.15) is 0 Å². The minimum Gasteiger partial charge on any atom is -0.507 e. The number of aromatic nitrogens is 1. The van der Waals surface area contributed by atoms with E-state index < -0.39 is 0 Å². The highest BCUT2D eigenvalue weighted by atomic mass is 127. The number of halogens is 1. The van der Waals surface area contributed by atoms with Gasteiger partial charge in [0.25, 0.3) is 0 Å². The highest BCUT2D eigenvalue weighted by Crippen LogP contribution is 2.23. The summed E-state index contributed by atoms with van der Waals surface area (Å²) in [7, 11) is 0. The van der Waals surface area contributed by atoms with E-state index in [9.17, 15) is 5.11 Å². The van der Waals surface area contributed by atoms with Gasteiger partial charge in [-0.3, -0.25) is 4.98 Å². The Morgan fingerprint density at radius 3 is 2.92 bits per heavy atom. The average molecular weight is 271 g/mol. The molecule has 0 aliphatic rings. The lowest BCUT2D eigenvalue weighted by molar-refractivity contribution is 0.481. The molecule has 2 aromatic rings. The van der Waals surface area contributed by atoms with Crippen LogP contribution in [0.3, 0.4) is 0 Å². The summed E-state index contributed by atoms with van der Waals surface area (Å²) >= 11 is 2.21. The van der Waals surface area contributed by atoms with Crippen molar-refractivity contribution in [1.29, 1.82) is 0 Å². The SMILES string of the molecule is Oc1ccnc2ccc(I)cc12. The van der Waals surface area contributed by atoms with E-state index in [0.717, 1.165) is 14.5 Å². The second-order valence-electron chi connectivity index (χ2n) is 2.49. The van der Waals surface area contributed by atoms with Crippen molar-refractivity contribution in [2.45, 2.75) is 0 Å². The Kier molecular flexibility index (Phi) is 1.88. The largest absolute Gasteiger partial charge is 0.507 e. The third-order valence-electron chi connectivity index (χ3n) is 1.68. The van der Waals surface area contributed by atoms with E-state index in [1.807, 2.05) is 18.2 Å². The number of aromatic hydroxyl groups is 1. The lowest BCUT2D eigenvalue weighted by Gasteiger charge is -1.99. The molecule has 1 aromatic heterocycles. The Balaban J connectivity index is 2.88. The third kappa shape index (κ3) is 1.24. The van der Waals surface area contributed by atoms with Crippen LogP contribution in [-0.2, 0) is 0 Å². The van der Waals surface area contributed by atoms with Crippen molar-refractivity contribution in [3.63, 3.8) is 0 Å². The number of nitrogens with zero attached hydrogens (tertiary/aromatic N) is 1. The average Bonchev–Trinajstić information content (AvgIpc) is 2.07. The van der Waals surface area contributed by atoms with Gasteiger partial charge in [-0.25, -0.2) is 0 Å². The standard InChI is InChI=1S/C9H6INO/c10-6-1-2-8-7(5-6)9(12)3-4-11-8/h1-5H,(H,11,12). The van der Waals surface area contributed by atoms with Crippen LogP contribution in [0.5, 0.6) is 5.75 Å². The molecule has 3 heteroatoms. The van der Waals surface area contributed by atoms with Gasteiger partial charge < -0.3 is 5.11 Å². The van der Waals surface area contributed by atoms with Gasteiger partial charge in [-0.1, -0.05) is 0 Å². The summed E-state index contributed by atoms with van der Waals surface area (Å²) in [5.74, 6) is 0.290. The first-order valence-corrected chi connectivity index (χ1v) is 4.58. The highest BCUT2D eigenvalue weighted by Gasteiger charge is 1.99. The molecule has 0 saturated heterocycles. The second-order valence-corrected chi connectivity index (χ2v) is 3.74. The highest BCUT2D eigenvalue weighted by molar-refractivity contribution is 14.1. The van der Waals surface area contributed by atoms with Gasteiger partial charge in [0, 0.05) is 15.2 Å². The number of pyridine rings is 1. The Labute approximate surface area is 83.4 Å². The van der Waals surface area contributed by atoms with Crippen molar-refractivity contribution < 1.29 is 5.11 Å². The van der Waals surface area contributed by atoms with Crippen molar-refractivity contribution >= 4 is 33.5 Å². The Bertz CT molecular complexity index is 428. The summed E-state index contributed by atoms with van der Waals surface area (Å²) in [6.45, 7) is 0. The maximum Gasteiger partial charge on any atom is 0.126 e. The van der Waals surface area contributed by atoms with Crippen molar-refractivity contribution in [2.24, 2.45) is 0 Å². The van der Waals surface area contributed by atoms with E-state index in [1.54, 1.807) is 12.3 Å². The normalized spacial score (nSPS) is 10.4. The molecule has 0 aliphatic carbocycles. The Hall–Kier alpha value is -0.840. The van der Waals surface area contributed by atoms with Gasteiger partial charge in [0.1, 0.15) is 5.75 Å². The minimum atomic E-state index is 0.290. The van der Waals surface area contributed by atoms with Crippen molar-refractivity contribution in [3.8, 4) is 5.75 Å². The maximum atomic E-state index is 9.45. The number of hydrogen-bond acceptors (Lipinski definition) is 2. The van der Waals surface area contributed by atoms with Crippen LogP contribution < -0.4 is 0 Å². The van der Waals surface area contributed by atoms with Gasteiger partial charge in [0.15, 0.2) is 0 Å². The fourth-order valence-electron chi connectivity index (χ4n) is 1.10. The first-order chi connectivity index (χ1) is 5.77. The summed E-state index contributed by atoms with van der Waals surface area (Å²) in [6, 6.07) is 7.38. The van der Waals surface area contributed by atoms with Crippen molar-refractivity contribution in [1.82, 2.24) is 4.98 Å². The molecular weight excluding hydrogens is 265 g/mol. The van der Waals surface area contributed by atoms with Crippen LogP contribution in [0, 0.1) is 3.57 Å². The molecule has 1 aromatic carbocycles. The third-order valence-corrected chi connectivity index (χ3v) is 2.35. The predicted molar refractivity (Wildman–Crippen MR) is 56.1 cm³/mol. The lowest BCUT2D eigenvalue weighted by atomic mass is 10.2. The molecule has 0 atom stereocenters. The lowest BCUT2D eigenvalue weighted by Crippen LogP contribution is -1.79. The summed E-state index contributed by atoms with van der Waals surface area (Å²) in [5, 5.41) is 10.3. The smallest absolute Gasteiger partial charge is 0.126 e. The molecule has 0 radical (unpaired) electrons. The quantitative estimate of drug-likeness (QED) is 0.747. The molecule has 0 amide bonds.